The van der Waals surface area contributed by atoms with Gasteiger partial charge in [-0.3, -0.25) is 0 Å². The Balaban J connectivity index is 0.00000208. The molecule has 8 heteroatoms. The first kappa shape index (κ1) is 19.0. The lowest BCUT2D eigenvalue weighted by Gasteiger charge is -2.12. The first-order valence-electron chi connectivity index (χ1n) is 7.29. The lowest BCUT2D eigenvalue weighted by atomic mass is 10.3. The lowest BCUT2D eigenvalue weighted by molar-refractivity contribution is 0.482. The van der Waals surface area contributed by atoms with Gasteiger partial charge >= 0.3 is 0 Å². The molecule has 0 saturated carbocycles. The molecular formula is C16H18Cl2N2O3S. The fourth-order valence-corrected chi connectivity index (χ4v) is 3.85. The van der Waals surface area contributed by atoms with E-state index in [9.17, 15) is 8.42 Å². The number of halogens is 2. The third-order valence-corrected chi connectivity index (χ3v) is 5.32. The first-order chi connectivity index (χ1) is 11.0. The van der Waals surface area contributed by atoms with E-state index in [0.29, 0.717) is 23.1 Å². The molecule has 0 aliphatic carbocycles. The fourth-order valence-electron chi connectivity index (χ4n) is 2.40. The highest BCUT2D eigenvalue weighted by atomic mass is 35.5. The van der Waals surface area contributed by atoms with E-state index >= 15 is 0 Å². The SMILES string of the molecule is Cl.O=S(=O)(NC1CCNC1)c1ccc(Oc2cccc(Cl)c2)cc1. The van der Waals surface area contributed by atoms with E-state index in [0.717, 1.165) is 13.0 Å². The van der Waals surface area contributed by atoms with E-state index in [1.807, 2.05) is 0 Å². The molecule has 24 heavy (non-hydrogen) atoms. The van der Waals surface area contributed by atoms with Crippen molar-refractivity contribution in [2.45, 2.75) is 17.4 Å². The molecular weight excluding hydrogens is 371 g/mol. The first-order valence-corrected chi connectivity index (χ1v) is 9.15. The number of rotatable bonds is 5. The Kier molecular flexibility index (Phi) is 6.48. The molecule has 1 aliphatic heterocycles. The molecule has 3 rings (SSSR count). The van der Waals surface area contributed by atoms with Gasteiger partial charge in [0, 0.05) is 17.6 Å². The summed E-state index contributed by atoms with van der Waals surface area (Å²) in [5, 5.41) is 3.71. The van der Waals surface area contributed by atoms with Crippen LogP contribution in [0.25, 0.3) is 0 Å². The van der Waals surface area contributed by atoms with Crippen molar-refractivity contribution in [1.82, 2.24) is 10.0 Å². The minimum atomic E-state index is -3.51. The van der Waals surface area contributed by atoms with Gasteiger partial charge in [-0.05, 0) is 55.4 Å². The summed E-state index contributed by atoms with van der Waals surface area (Å²) in [6.07, 6.45) is 0.801. The van der Waals surface area contributed by atoms with Crippen molar-refractivity contribution in [2.75, 3.05) is 13.1 Å². The molecule has 0 spiro atoms. The number of ether oxygens (including phenoxy) is 1. The van der Waals surface area contributed by atoms with Gasteiger partial charge in [0.05, 0.1) is 4.90 Å². The maximum Gasteiger partial charge on any atom is 0.240 e. The van der Waals surface area contributed by atoms with Gasteiger partial charge < -0.3 is 10.1 Å². The second kappa shape index (κ2) is 8.18. The van der Waals surface area contributed by atoms with Crippen LogP contribution in [0.2, 0.25) is 5.02 Å². The highest BCUT2D eigenvalue weighted by Crippen LogP contribution is 2.25. The van der Waals surface area contributed by atoms with Crippen molar-refractivity contribution in [2.24, 2.45) is 0 Å². The second-order valence-electron chi connectivity index (χ2n) is 5.34. The van der Waals surface area contributed by atoms with Crippen molar-refractivity contribution < 1.29 is 13.2 Å². The molecule has 2 aromatic carbocycles. The van der Waals surface area contributed by atoms with Gasteiger partial charge in [-0.15, -0.1) is 12.4 Å². The Labute approximate surface area is 152 Å². The van der Waals surface area contributed by atoms with Crippen LogP contribution in [0.3, 0.4) is 0 Å². The third-order valence-electron chi connectivity index (χ3n) is 3.55. The number of benzene rings is 2. The number of sulfonamides is 1. The number of hydrogen-bond acceptors (Lipinski definition) is 4. The van der Waals surface area contributed by atoms with Crippen LogP contribution in [0.1, 0.15) is 6.42 Å². The maximum atomic E-state index is 12.3. The molecule has 0 bridgehead atoms. The molecule has 2 aromatic rings. The Morgan fingerprint density at radius 1 is 1.12 bits per heavy atom. The summed E-state index contributed by atoms with van der Waals surface area (Å²) in [4.78, 5) is 0.225. The number of nitrogens with one attached hydrogen (secondary N) is 2. The van der Waals surface area contributed by atoms with E-state index in [1.54, 1.807) is 36.4 Å². The minimum Gasteiger partial charge on any atom is -0.457 e. The lowest BCUT2D eigenvalue weighted by Crippen LogP contribution is -2.36. The summed E-state index contributed by atoms with van der Waals surface area (Å²) in [5.41, 5.74) is 0. The van der Waals surface area contributed by atoms with Gasteiger partial charge in [0.2, 0.25) is 10.0 Å². The summed E-state index contributed by atoms with van der Waals surface area (Å²) in [5.74, 6) is 1.15. The topological polar surface area (TPSA) is 67.4 Å². The van der Waals surface area contributed by atoms with Crippen LogP contribution in [0.4, 0.5) is 0 Å². The summed E-state index contributed by atoms with van der Waals surface area (Å²) < 4.78 is 33.0. The molecule has 5 nitrogen and oxygen atoms in total. The van der Waals surface area contributed by atoms with Gasteiger partial charge in [0.25, 0.3) is 0 Å². The van der Waals surface area contributed by atoms with Gasteiger partial charge in [-0.2, -0.15) is 0 Å². The third kappa shape index (κ3) is 4.84. The summed E-state index contributed by atoms with van der Waals surface area (Å²) in [6, 6.07) is 13.3. The summed E-state index contributed by atoms with van der Waals surface area (Å²) >= 11 is 5.90. The normalized spacial score (nSPS) is 17.3. The molecule has 0 amide bonds. The van der Waals surface area contributed by atoms with E-state index in [-0.39, 0.29) is 23.3 Å². The molecule has 1 fully saturated rings. The average molecular weight is 389 g/mol. The van der Waals surface area contributed by atoms with Crippen molar-refractivity contribution in [3.63, 3.8) is 0 Å². The van der Waals surface area contributed by atoms with E-state index in [1.165, 1.54) is 12.1 Å². The molecule has 2 N–H and O–H groups in total. The average Bonchev–Trinajstić information content (AvgIpc) is 3.00. The molecule has 1 saturated heterocycles. The monoisotopic (exact) mass is 388 g/mol. The van der Waals surface area contributed by atoms with Gasteiger partial charge in [-0.25, -0.2) is 13.1 Å². The Bertz CT molecular complexity index is 776. The standard InChI is InChI=1S/C16H17ClN2O3S.ClH/c17-12-2-1-3-15(10-12)22-14-4-6-16(7-5-14)23(20,21)19-13-8-9-18-11-13;/h1-7,10,13,18-19H,8-9,11H2;1H. The quantitative estimate of drug-likeness (QED) is 0.824. The maximum absolute atomic E-state index is 12.3. The highest BCUT2D eigenvalue weighted by Gasteiger charge is 2.22. The fraction of sp³-hybridized carbons (Fsp3) is 0.250. The molecule has 0 radical (unpaired) electrons. The highest BCUT2D eigenvalue weighted by molar-refractivity contribution is 7.89. The molecule has 1 atom stereocenters. The molecule has 0 aromatic heterocycles. The van der Waals surface area contributed by atoms with Gasteiger partial charge in [-0.1, -0.05) is 17.7 Å². The molecule has 1 heterocycles. The Morgan fingerprint density at radius 2 is 1.88 bits per heavy atom. The van der Waals surface area contributed by atoms with Crippen LogP contribution < -0.4 is 14.8 Å². The van der Waals surface area contributed by atoms with Crippen LogP contribution >= 0.6 is 24.0 Å². The summed E-state index contributed by atoms with van der Waals surface area (Å²) in [7, 11) is -3.51. The predicted octanol–water partition coefficient (Wildman–Crippen LogP) is 3.19. The zero-order valence-electron chi connectivity index (χ0n) is 12.7. The second-order valence-corrected chi connectivity index (χ2v) is 7.49. The Morgan fingerprint density at radius 3 is 2.50 bits per heavy atom. The molecule has 1 unspecified atom stereocenters. The van der Waals surface area contributed by atoms with Crippen LogP contribution in [0.15, 0.2) is 53.4 Å². The summed E-state index contributed by atoms with van der Waals surface area (Å²) in [6.45, 7) is 1.49. The number of hydrogen-bond donors (Lipinski definition) is 2. The van der Waals surface area contributed by atoms with E-state index < -0.39 is 10.0 Å². The molecule has 1 aliphatic rings. The zero-order chi connectivity index (χ0) is 16.3. The van der Waals surface area contributed by atoms with Crippen LogP contribution in [-0.4, -0.2) is 27.5 Å². The smallest absolute Gasteiger partial charge is 0.240 e. The predicted molar refractivity (Wildman–Crippen MR) is 96.8 cm³/mol. The largest absolute Gasteiger partial charge is 0.457 e. The van der Waals surface area contributed by atoms with Crippen LogP contribution in [0, 0.1) is 0 Å². The van der Waals surface area contributed by atoms with Crippen LogP contribution in [-0.2, 0) is 10.0 Å². The van der Waals surface area contributed by atoms with Crippen molar-refractivity contribution >= 4 is 34.0 Å². The van der Waals surface area contributed by atoms with E-state index in [2.05, 4.69) is 10.0 Å². The van der Waals surface area contributed by atoms with Crippen molar-refractivity contribution in [1.29, 1.82) is 0 Å². The van der Waals surface area contributed by atoms with Gasteiger partial charge in [0.15, 0.2) is 0 Å². The molecule has 130 valence electrons. The minimum absolute atomic E-state index is 0. The zero-order valence-corrected chi connectivity index (χ0v) is 15.1. The van der Waals surface area contributed by atoms with Crippen molar-refractivity contribution in [3.8, 4) is 11.5 Å². The Hall–Kier alpha value is -1.31. The van der Waals surface area contributed by atoms with Crippen molar-refractivity contribution in [3.05, 3.63) is 53.6 Å². The van der Waals surface area contributed by atoms with Gasteiger partial charge in [0.1, 0.15) is 11.5 Å². The van der Waals surface area contributed by atoms with E-state index in [4.69, 9.17) is 16.3 Å². The van der Waals surface area contributed by atoms with Crippen LogP contribution in [0.5, 0.6) is 11.5 Å².